The number of aromatic nitrogens is 2. The minimum absolute atomic E-state index is 0.0614. The van der Waals surface area contributed by atoms with E-state index in [4.69, 9.17) is 0 Å². The SMILES string of the molecule is CNC(=O)C(=O)N1C[C@@H](C)CC[C@@H]1c1ccc2cn[nH]c2c1. The molecular weight excluding hydrogens is 280 g/mol. The van der Waals surface area contributed by atoms with Crippen LogP contribution in [0.25, 0.3) is 10.9 Å². The maximum Gasteiger partial charge on any atom is 0.312 e. The van der Waals surface area contributed by atoms with Gasteiger partial charge < -0.3 is 10.2 Å². The summed E-state index contributed by atoms with van der Waals surface area (Å²) in [5.74, 6) is -0.605. The number of aromatic amines is 1. The number of carbonyl (C=O) groups is 2. The van der Waals surface area contributed by atoms with Gasteiger partial charge in [-0.1, -0.05) is 19.1 Å². The van der Waals surface area contributed by atoms with E-state index in [1.165, 1.54) is 7.05 Å². The summed E-state index contributed by atoms with van der Waals surface area (Å²) in [6.07, 6.45) is 3.68. The van der Waals surface area contributed by atoms with E-state index in [1.807, 2.05) is 18.2 Å². The lowest BCUT2D eigenvalue weighted by atomic mass is 9.89. The van der Waals surface area contributed by atoms with Gasteiger partial charge in [0.25, 0.3) is 0 Å². The average Bonchev–Trinajstić information content (AvgIpc) is 3.00. The molecule has 1 fully saturated rings. The molecule has 2 aromatic rings. The maximum absolute atomic E-state index is 12.4. The largest absolute Gasteiger partial charge is 0.351 e. The summed E-state index contributed by atoms with van der Waals surface area (Å²) in [5, 5.41) is 10.4. The van der Waals surface area contributed by atoms with Crippen molar-refractivity contribution in [2.45, 2.75) is 25.8 Å². The van der Waals surface area contributed by atoms with Crippen molar-refractivity contribution >= 4 is 22.7 Å². The summed E-state index contributed by atoms with van der Waals surface area (Å²) in [4.78, 5) is 25.8. The summed E-state index contributed by atoms with van der Waals surface area (Å²) in [5.41, 5.74) is 1.99. The fourth-order valence-electron chi connectivity index (χ4n) is 3.12. The molecule has 0 unspecified atom stereocenters. The Morgan fingerprint density at radius 1 is 1.36 bits per heavy atom. The van der Waals surface area contributed by atoms with Crippen LogP contribution in [0.1, 0.15) is 31.4 Å². The molecule has 1 aliphatic rings. The average molecular weight is 300 g/mol. The highest BCUT2D eigenvalue weighted by atomic mass is 16.2. The van der Waals surface area contributed by atoms with Gasteiger partial charge in [-0.2, -0.15) is 5.10 Å². The van der Waals surface area contributed by atoms with E-state index in [0.29, 0.717) is 12.5 Å². The number of benzene rings is 1. The first kappa shape index (κ1) is 14.6. The Hall–Kier alpha value is -2.37. The van der Waals surface area contributed by atoms with E-state index in [2.05, 4.69) is 22.4 Å². The molecule has 2 atom stereocenters. The third-order valence-electron chi connectivity index (χ3n) is 4.35. The van der Waals surface area contributed by atoms with Crippen LogP contribution in [0.2, 0.25) is 0 Å². The molecule has 22 heavy (non-hydrogen) atoms. The molecule has 1 saturated heterocycles. The van der Waals surface area contributed by atoms with Crippen molar-refractivity contribution in [3.05, 3.63) is 30.0 Å². The van der Waals surface area contributed by atoms with E-state index < -0.39 is 11.8 Å². The van der Waals surface area contributed by atoms with Gasteiger partial charge in [0.05, 0.1) is 17.8 Å². The van der Waals surface area contributed by atoms with Crippen molar-refractivity contribution in [3.63, 3.8) is 0 Å². The summed E-state index contributed by atoms with van der Waals surface area (Å²) in [7, 11) is 1.49. The number of carbonyl (C=O) groups excluding carboxylic acids is 2. The zero-order valence-corrected chi connectivity index (χ0v) is 12.8. The molecular formula is C16H20N4O2. The van der Waals surface area contributed by atoms with Crippen LogP contribution in [0.3, 0.4) is 0 Å². The van der Waals surface area contributed by atoms with E-state index in [0.717, 1.165) is 29.3 Å². The number of amides is 2. The maximum atomic E-state index is 12.4. The van der Waals surface area contributed by atoms with Crippen molar-refractivity contribution in [2.24, 2.45) is 5.92 Å². The van der Waals surface area contributed by atoms with Crippen LogP contribution in [-0.2, 0) is 9.59 Å². The Morgan fingerprint density at radius 3 is 2.95 bits per heavy atom. The molecule has 0 radical (unpaired) electrons. The van der Waals surface area contributed by atoms with Crippen LogP contribution >= 0.6 is 0 Å². The molecule has 0 bridgehead atoms. The molecule has 2 N–H and O–H groups in total. The summed E-state index contributed by atoms with van der Waals surface area (Å²) >= 11 is 0. The normalized spacial score (nSPS) is 21.8. The number of likely N-dealkylation sites (N-methyl/N-ethyl adjacent to an activating group) is 1. The van der Waals surface area contributed by atoms with Crippen LogP contribution in [0.5, 0.6) is 0 Å². The molecule has 0 saturated carbocycles. The zero-order chi connectivity index (χ0) is 15.7. The lowest BCUT2D eigenvalue weighted by molar-refractivity contribution is -0.148. The minimum Gasteiger partial charge on any atom is -0.351 e. The summed E-state index contributed by atoms with van der Waals surface area (Å²) < 4.78 is 0. The molecule has 116 valence electrons. The highest BCUT2D eigenvalue weighted by Gasteiger charge is 2.33. The van der Waals surface area contributed by atoms with Crippen molar-refractivity contribution in [1.29, 1.82) is 0 Å². The van der Waals surface area contributed by atoms with Crippen LogP contribution in [-0.4, -0.2) is 40.5 Å². The van der Waals surface area contributed by atoms with Gasteiger partial charge in [0.2, 0.25) is 0 Å². The first-order chi connectivity index (χ1) is 10.6. The third kappa shape index (κ3) is 2.56. The Morgan fingerprint density at radius 2 is 2.18 bits per heavy atom. The number of H-pyrrole nitrogens is 1. The second-order valence-corrected chi connectivity index (χ2v) is 5.95. The highest BCUT2D eigenvalue weighted by Crippen LogP contribution is 2.34. The quantitative estimate of drug-likeness (QED) is 0.785. The molecule has 1 aliphatic heterocycles. The number of fused-ring (bicyclic) bond motifs is 1. The van der Waals surface area contributed by atoms with Crippen molar-refractivity contribution in [2.75, 3.05) is 13.6 Å². The van der Waals surface area contributed by atoms with Crippen LogP contribution in [0.4, 0.5) is 0 Å². The molecule has 6 heteroatoms. The van der Waals surface area contributed by atoms with Crippen LogP contribution < -0.4 is 5.32 Å². The molecule has 0 spiro atoms. The third-order valence-corrected chi connectivity index (χ3v) is 4.35. The Kier molecular flexibility index (Phi) is 3.83. The second-order valence-electron chi connectivity index (χ2n) is 5.95. The van der Waals surface area contributed by atoms with Crippen molar-refractivity contribution in [1.82, 2.24) is 20.4 Å². The Bertz CT molecular complexity index is 709. The van der Waals surface area contributed by atoms with E-state index >= 15 is 0 Å². The Labute approximate surface area is 128 Å². The fraction of sp³-hybridized carbons (Fsp3) is 0.438. The number of hydrogen-bond acceptors (Lipinski definition) is 3. The first-order valence-corrected chi connectivity index (χ1v) is 7.56. The van der Waals surface area contributed by atoms with Crippen molar-refractivity contribution < 1.29 is 9.59 Å². The van der Waals surface area contributed by atoms with Gasteiger partial charge in [0, 0.05) is 19.0 Å². The number of nitrogens with one attached hydrogen (secondary N) is 2. The van der Waals surface area contributed by atoms with Gasteiger partial charge in [-0.05, 0) is 30.4 Å². The molecule has 6 nitrogen and oxygen atoms in total. The number of rotatable bonds is 1. The van der Waals surface area contributed by atoms with Gasteiger partial charge in [0.15, 0.2) is 0 Å². The van der Waals surface area contributed by atoms with Crippen molar-refractivity contribution in [3.8, 4) is 0 Å². The number of nitrogens with zero attached hydrogens (tertiary/aromatic N) is 2. The van der Waals surface area contributed by atoms with Gasteiger partial charge in [-0.25, -0.2) is 0 Å². The Balaban J connectivity index is 1.94. The fourth-order valence-corrected chi connectivity index (χ4v) is 3.12. The van der Waals surface area contributed by atoms with Gasteiger partial charge in [-0.15, -0.1) is 0 Å². The first-order valence-electron chi connectivity index (χ1n) is 7.56. The molecule has 0 aliphatic carbocycles. The van der Waals surface area contributed by atoms with Gasteiger partial charge >= 0.3 is 11.8 Å². The number of hydrogen-bond donors (Lipinski definition) is 2. The number of piperidine rings is 1. The molecule has 2 amide bonds. The van der Waals surface area contributed by atoms with Gasteiger partial charge in [-0.3, -0.25) is 14.7 Å². The van der Waals surface area contributed by atoms with E-state index in [-0.39, 0.29) is 6.04 Å². The lowest BCUT2D eigenvalue weighted by Gasteiger charge is -2.38. The number of likely N-dealkylation sites (tertiary alicyclic amines) is 1. The summed E-state index contributed by atoms with van der Waals surface area (Å²) in [6, 6.07) is 5.97. The van der Waals surface area contributed by atoms with E-state index in [1.54, 1.807) is 11.1 Å². The molecule has 1 aromatic heterocycles. The predicted molar refractivity (Wildman–Crippen MR) is 83.0 cm³/mol. The topological polar surface area (TPSA) is 78.1 Å². The molecule has 1 aromatic carbocycles. The van der Waals surface area contributed by atoms with Gasteiger partial charge in [0.1, 0.15) is 0 Å². The van der Waals surface area contributed by atoms with Crippen LogP contribution in [0.15, 0.2) is 24.4 Å². The minimum atomic E-state index is -0.554. The van der Waals surface area contributed by atoms with Crippen LogP contribution in [0, 0.1) is 5.92 Å². The zero-order valence-electron chi connectivity index (χ0n) is 12.8. The summed E-state index contributed by atoms with van der Waals surface area (Å²) in [6.45, 7) is 2.72. The highest BCUT2D eigenvalue weighted by molar-refractivity contribution is 6.35. The molecule has 2 heterocycles. The predicted octanol–water partition coefficient (Wildman–Crippen LogP) is 1.61. The van der Waals surface area contributed by atoms with E-state index in [9.17, 15) is 9.59 Å². The molecule has 3 rings (SSSR count). The standard InChI is InChI=1S/C16H20N4O2/c1-10-3-6-14(20(9-10)16(22)15(21)17-2)11-4-5-12-8-18-19-13(12)7-11/h4-5,7-8,10,14H,3,6,9H2,1-2H3,(H,17,21)(H,18,19)/t10-,14+/m0/s1. The lowest BCUT2D eigenvalue weighted by Crippen LogP contribution is -2.47. The second kappa shape index (κ2) is 5.79. The smallest absolute Gasteiger partial charge is 0.312 e. The monoisotopic (exact) mass is 300 g/mol.